The summed E-state index contributed by atoms with van der Waals surface area (Å²) >= 11 is 0. The van der Waals surface area contributed by atoms with Crippen LogP contribution in [0.25, 0.3) is 0 Å². The molecule has 2 N–H and O–H groups in total. The Morgan fingerprint density at radius 2 is 1.88 bits per heavy atom. The summed E-state index contributed by atoms with van der Waals surface area (Å²) in [5, 5.41) is 2.56. The van der Waals surface area contributed by atoms with Crippen molar-refractivity contribution in [2.24, 2.45) is 0 Å². The van der Waals surface area contributed by atoms with Crippen LogP contribution >= 0.6 is 0 Å². The van der Waals surface area contributed by atoms with Crippen molar-refractivity contribution in [1.82, 2.24) is 15.0 Å². The van der Waals surface area contributed by atoms with Crippen LogP contribution in [0.4, 0.5) is 13.2 Å². The van der Waals surface area contributed by atoms with Crippen molar-refractivity contribution >= 4 is 15.9 Å². The average Bonchev–Trinajstić information content (AvgIpc) is 3.01. The zero-order chi connectivity index (χ0) is 23.9. The van der Waals surface area contributed by atoms with Gasteiger partial charge in [-0.2, -0.15) is 13.2 Å². The lowest BCUT2D eigenvalue weighted by Crippen LogP contribution is -2.30. The van der Waals surface area contributed by atoms with Gasteiger partial charge in [-0.05, 0) is 23.8 Å². The summed E-state index contributed by atoms with van der Waals surface area (Å²) in [5.74, 6) is 0.130. The van der Waals surface area contributed by atoms with Crippen molar-refractivity contribution in [1.29, 1.82) is 0 Å². The van der Waals surface area contributed by atoms with Crippen LogP contribution in [-0.4, -0.2) is 51.9 Å². The molecule has 1 amide bonds. The van der Waals surface area contributed by atoms with Crippen molar-refractivity contribution in [3.8, 4) is 17.4 Å². The van der Waals surface area contributed by atoms with Gasteiger partial charge >= 0.3 is 6.18 Å². The number of ether oxygens (including phenoxy) is 3. The topological polar surface area (TPSA) is 116 Å². The normalized spacial score (nSPS) is 13.8. The lowest BCUT2D eigenvalue weighted by Gasteiger charge is -2.11. The second kappa shape index (κ2) is 10.7. The van der Waals surface area contributed by atoms with Crippen LogP contribution in [0.1, 0.15) is 18.4 Å². The minimum atomic E-state index is -4.49. The summed E-state index contributed by atoms with van der Waals surface area (Å²) in [6.07, 6.45) is -2.69. The SMILES string of the molecule is O=C(CCNS(=O)(=O)c1ccc2c(c1)OCCCO2)NCc1ccnc(OCC(F)(F)F)c1. The van der Waals surface area contributed by atoms with Crippen molar-refractivity contribution in [2.75, 3.05) is 26.4 Å². The molecule has 2 heterocycles. The predicted octanol–water partition coefficient (Wildman–Crippen LogP) is 2.17. The Labute approximate surface area is 188 Å². The number of nitrogens with one attached hydrogen (secondary N) is 2. The van der Waals surface area contributed by atoms with Gasteiger partial charge in [-0.1, -0.05) is 0 Å². The van der Waals surface area contributed by atoms with Crippen LogP contribution in [0.5, 0.6) is 17.4 Å². The summed E-state index contributed by atoms with van der Waals surface area (Å²) in [6.45, 7) is -0.720. The molecule has 0 fully saturated rings. The summed E-state index contributed by atoms with van der Waals surface area (Å²) in [5.41, 5.74) is 0.475. The molecular weight excluding hydrogens is 467 g/mol. The molecule has 1 aromatic carbocycles. The fraction of sp³-hybridized carbons (Fsp3) is 0.400. The number of amides is 1. The molecule has 1 aromatic heterocycles. The summed E-state index contributed by atoms with van der Waals surface area (Å²) < 4.78 is 79.5. The molecule has 0 spiro atoms. The number of nitrogens with zero attached hydrogens (tertiary/aromatic N) is 1. The van der Waals surface area contributed by atoms with Gasteiger partial charge in [-0.25, -0.2) is 18.1 Å². The van der Waals surface area contributed by atoms with E-state index in [1.165, 1.54) is 36.5 Å². The van der Waals surface area contributed by atoms with E-state index in [9.17, 15) is 26.4 Å². The number of hydrogen-bond donors (Lipinski definition) is 2. The molecule has 0 saturated carbocycles. The van der Waals surface area contributed by atoms with Gasteiger partial charge in [-0.3, -0.25) is 4.79 Å². The molecule has 0 radical (unpaired) electrons. The number of benzene rings is 1. The lowest BCUT2D eigenvalue weighted by molar-refractivity contribution is -0.154. The molecule has 180 valence electrons. The Kier molecular flexibility index (Phi) is 7.97. The first-order valence-corrected chi connectivity index (χ1v) is 11.4. The number of carbonyl (C=O) groups excluding carboxylic acids is 1. The van der Waals surface area contributed by atoms with Crippen LogP contribution in [0.15, 0.2) is 41.4 Å². The molecule has 3 rings (SSSR count). The molecule has 0 atom stereocenters. The molecule has 33 heavy (non-hydrogen) atoms. The van der Waals surface area contributed by atoms with Crippen molar-refractivity contribution in [3.05, 3.63) is 42.1 Å². The maximum absolute atomic E-state index is 12.5. The van der Waals surface area contributed by atoms with Crippen LogP contribution < -0.4 is 24.2 Å². The Hall–Kier alpha value is -3.06. The smallest absolute Gasteiger partial charge is 0.422 e. The van der Waals surface area contributed by atoms with E-state index < -0.39 is 28.7 Å². The monoisotopic (exact) mass is 489 g/mol. The average molecular weight is 489 g/mol. The molecule has 0 aliphatic carbocycles. The Morgan fingerprint density at radius 3 is 2.64 bits per heavy atom. The van der Waals surface area contributed by atoms with E-state index in [4.69, 9.17) is 9.47 Å². The summed E-state index contributed by atoms with van der Waals surface area (Å²) in [6, 6.07) is 7.05. The zero-order valence-electron chi connectivity index (χ0n) is 17.4. The highest BCUT2D eigenvalue weighted by molar-refractivity contribution is 7.89. The molecule has 1 aliphatic heterocycles. The van der Waals surface area contributed by atoms with Crippen molar-refractivity contribution in [2.45, 2.75) is 30.5 Å². The van der Waals surface area contributed by atoms with Gasteiger partial charge in [0.25, 0.3) is 0 Å². The number of hydrogen-bond acceptors (Lipinski definition) is 7. The van der Waals surface area contributed by atoms with Crippen molar-refractivity contribution in [3.63, 3.8) is 0 Å². The van der Waals surface area contributed by atoms with Gasteiger partial charge in [0.05, 0.1) is 18.1 Å². The van der Waals surface area contributed by atoms with Gasteiger partial charge in [0.15, 0.2) is 18.1 Å². The van der Waals surface area contributed by atoms with Gasteiger partial charge in [-0.15, -0.1) is 0 Å². The first kappa shape index (κ1) is 24.6. The zero-order valence-corrected chi connectivity index (χ0v) is 18.2. The van der Waals surface area contributed by atoms with E-state index in [1.54, 1.807) is 0 Å². The molecule has 2 aromatic rings. The summed E-state index contributed by atoms with van der Waals surface area (Å²) in [4.78, 5) is 15.7. The van der Waals surface area contributed by atoms with E-state index in [0.29, 0.717) is 36.7 Å². The Balaban J connectivity index is 1.46. The first-order valence-electron chi connectivity index (χ1n) is 9.93. The number of sulfonamides is 1. The van der Waals surface area contributed by atoms with Crippen LogP contribution in [0.3, 0.4) is 0 Å². The van der Waals surface area contributed by atoms with E-state index in [2.05, 4.69) is 19.8 Å². The fourth-order valence-corrected chi connectivity index (χ4v) is 3.82. The molecule has 0 unspecified atom stereocenters. The highest BCUT2D eigenvalue weighted by Crippen LogP contribution is 2.31. The first-order chi connectivity index (χ1) is 15.6. The number of fused-ring (bicyclic) bond motifs is 1. The second-order valence-electron chi connectivity index (χ2n) is 6.99. The van der Waals surface area contributed by atoms with Crippen LogP contribution in [0, 0.1) is 0 Å². The number of aromatic nitrogens is 1. The van der Waals surface area contributed by atoms with Crippen LogP contribution in [-0.2, 0) is 21.4 Å². The minimum Gasteiger partial charge on any atom is -0.490 e. The molecule has 13 heteroatoms. The van der Waals surface area contributed by atoms with Gasteiger partial charge < -0.3 is 19.5 Å². The number of halogens is 3. The van der Waals surface area contributed by atoms with Gasteiger partial charge in [0.1, 0.15) is 0 Å². The van der Waals surface area contributed by atoms with E-state index in [-0.39, 0.29) is 30.3 Å². The molecule has 1 aliphatic rings. The third-order valence-electron chi connectivity index (χ3n) is 4.35. The Morgan fingerprint density at radius 1 is 1.12 bits per heavy atom. The third kappa shape index (κ3) is 7.79. The van der Waals surface area contributed by atoms with Gasteiger partial charge in [0, 0.05) is 44.3 Å². The largest absolute Gasteiger partial charge is 0.490 e. The number of rotatable bonds is 9. The van der Waals surface area contributed by atoms with E-state index >= 15 is 0 Å². The molecular formula is C20H22F3N3O6S. The van der Waals surface area contributed by atoms with E-state index in [1.807, 2.05) is 0 Å². The number of pyridine rings is 1. The summed E-state index contributed by atoms with van der Waals surface area (Å²) in [7, 11) is -3.87. The maximum atomic E-state index is 12.5. The Bertz CT molecular complexity index is 1080. The standard InChI is InChI=1S/C20H22F3N3O6S/c21-20(22,23)13-32-19-10-14(4-6-24-19)12-25-18(27)5-7-26-33(28,29)15-2-3-16-17(11-15)31-9-1-8-30-16/h2-4,6,10-11,26H,1,5,7-9,12-13H2,(H,25,27). The fourth-order valence-electron chi connectivity index (χ4n) is 2.78. The van der Waals surface area contributed by atoms with Gasteiger partial charge in [0.2, 0.25) is 21.8 Å². The maximum Gasteiger partial charge on any atom is 0.422 e. The second-order valence-corrected chi connectivity index (χ2v) is 8.76. The highest BCUT2D eigenvalue weighted by atomic mass is 32.2. The van der Waals surface area contributed by atoms with Crippen LogP contribution in [0.2, 0.25) is 0 Å². The lowest BCUT2D eigenvalue weighted by atomic mass is 10.2. The molecule has 9 nitrogen and oxygen atoms in total. The molecule has 0 bridgehead atoms. The number of carbonyl (C=O) groups is 1. The molecule has 0 saturated heterocycles. The quantitative estimate of drug-likeness (QED) is 0.555. The highest BCUT2D eigenvalue weighted by Gasteiger charge is 2.28. The van der Waals surface area contributed by atoms with E-state index in [0.717, 1.165) is 0 Å². The number of alkyl halides is 3. The minimum absolute atomic E-state index is 0.0125. The predicted molar refractivity (Wildman–Crippen MR) is 109 cm³/mol. The third-order valence-corrected chi connectivity index (χ3v) is 5.80. The van der Waals surface area contributed by atoms with Crippen molar-refractivity contribution < 1.29 is 40.6 Å².